The minimum Gasteiger partial charge on any atom is -0.337 e. The van der Waals surface area contributed by atoms with E-state index >= 15 is 0 Å². The molecule has 3 amide bonds. The average Bonchev–Trinajstić information content (AvgIpc) is 3.08. The monoisotopic (exact) mass is 393 g/mol. The first-order valence-corrected chi connectivity index (χ1v) is 9.40. The van der Waals surface area contributed by atoms with Gasteiger partial charge in [0.15, 0.2) is 5.69 Å². The fraction of sp³-hybridized carbons (Fsp3) is 0.238. The molecular weight excluding hydrogens is 370 g/mol. The van der Waals surface area contributed by atoms with Gasteiger partial charge in [-0.2, -0.15) is 0 Å². The van der Waals surface area contributed by atoms with Gasteiger partial charge in [0.1, 0.15) is 0 Å². The Morgan fingerprint density at radius 2 is 1.69 bits per heavy atom. The zero-order valence-corrected chi connectivity index (χ0v) is 16.6. The Kier molecular flexibility index (Phi) is 5.92. The zero-order chi connectivity index (χ0) is 21.0. The molecule has 2 N–H and O–H groups in total. The lowest BCUT2D eigenvalue weighted by molar-refractivity contribution is -0.114. The first-order chi connectivity index (χ1) is 13.9. The molecule has 0 saturated heterocycles. The van der Waals surface area contributed by atoms with E-state index in [1.807, 2.05) is 13.8 Å². The van der Waals surface area contributed by atoms with Crippen LogP contribution < -0.4 is 10.6 Å². The maximum Gasteiger partial charge on any atom is 0.290 e. The maximum absolute atomic E-state index is 12.9. The van der Waals surface area contributed by atoms with E-state index in [0.717, 1.165) is 0 Å². The van der Waals surface area contributed by atoms with Crippen LogP contribution in [0.3, 0.4) is 0 Å². The quantitative estimate of drug-likeness (QED) is 0.673. The lowest BCUT2D eigenvalue weighted by Crippen LogP contribution is -2.32. The third kappa shape index (κ3) is 4.26. The predicted molar refractivity (Wildman–Crippen MR) is 111 cm³/mol. The largest absolute Gasteiger partial charge is 0.337 e. The second-order valence-electron chi connectivity index (χ2n) is 6.43. The lowest BCUT2D eigenvalue weighted by Gasteiger charge is -2.17. The fourth-order valence-corrected chi connectivity index (χ4v) is 3.08. The number of pyridine rings is 1. The molecule has 2 aromatic heterocycles. The Morgan fingerprint density at radius 1 is 1.00 bits per heavy atom. The van der Waals surface area contributed by atoms with Gasteiger partial charge in [-0.25, -0.2) is 4.98 Å². The molecule has 0 unspecified atom stereocenters. The molecule has 8 nitrogen and oxygen atoms in total. The third-order valence-corrected chi connectivity index (χ3v) is 4.45. The van der Waals surface area contributed by atoms with Gasteiger partial charge in [0.2, 0.25) is 11.7 Å². The first-order valence-electron chi connectivity index (χ1n) is 9.40. The van der Waals surface area contributed by atoms with E-state index in [0.29, 0.717) is 30.0 Å². The number of rotatable bonds is 6. The second-order valence-corrected chi connectivity index (χ2v) is 6.43. The van der Waals surface area contributed by atoms with Crippen LogP contribution >= 0.6 is 0 Å². The van der Waals surface area contributed by atoms with Gasteiger partial charge in [-0.05, 0) is 44.2 Å². The molecule has 0 aliphatic carbocycles. The number of imidazole rings is 1. The van der Waals surface area contributed by atoms with Crippen molar-refractivity contribution in [2.75, 3.05) is 23.7 Å². The van der Waals surface area contributed by atoms with Crippen molar-refractivity contribution in [3.63, 3.8) is 0 Å². The third-order valence-electron chi connectivity index (χ3n) is 4.45. The number of anilines is 2. The summed E-state index contributed by atoms with van der Waals surface area (Å²) in [6.45, 7) is 6.31. The van der Waals surface area contributed by atoms with Crippen molar-refractivity contribution in [3.8, 4) is 0 Å². The molecular formula is C21H23N5O3. The number of nitrogens with one attached hydrogen (secondary N) is 2. The molecule has 0 fully saturated rings. The van der Waals surface area contributed by atoms with Crippen LogP contribution in [0.4, 0.5) is 11.4 Å². The summed E-state index contributed by atoms with van der Waals surface area (Å²) in [5.41, 5.74) is 1.78. The van der Waals surface area contributed by atoms with Gasteiger partial charge in [0, 0.05) is 37.6 Å². The van der Waals surface area contributed by atoms with Crippen LogP contribution in [0.1, 0.15) is 41.9 Å². The molecule has 29 heavy (non-hydrogen) atoms. The van der Waals surface area contributed by atoms with E-state index in [1.54, 1.807) is 58.0 Å². The van der Waals surface area contributed by atoms with Crippen LogP contribution in [-0.4, -0.2) is 45.1 Å². The molecule has 2 heterocycles. The Morgan fingerprint density at radius 3 is 2.34 bits per heavy atom. The van der Waals surface area contributed by atoms with Crippen LogP contribution in [0, 0.1) is 0 Å². The van der Waals surface area contributed by atoms with E-state index in [2.05, 4.69) is 15.6 Å². The van der Waals surface area contributed by atoms with Crippen molar-refractivity contribution in [2.24, 2.45) is 0 Å². The summed E-state index contributed by atoms with van der Waals surface area (Å²) in [6, 6.07) is 12.1. The number of hydrogen-bond donors (Lipinski definition) is 2. The molecule has 0 spiro atoms. The van der Waals surface area contributed by atoms with Crippen molar-refractivity contribution in [2.45, 2.75) is 20.8 Å². The van der Waals surface area contributed by atoms with Crippen LogP contribution in [-0.2, 0) is 4.79 Å². The van der Waals surface area contributed by atoms with E-state index in [-0.39, 0.29) is 23.3 Å². The molecule has 3 rings (SSSR count). The highest BCUT2D eigenvalue weighted by atomic mass is 16.2. The van der Waals surface area contributed by atoms with Crippen LogP contribution in [0.15, 0.2) is 48.7 Å². The SMILES string of the molecule is CCN(CC)C(=O)c1nc(C(=O)Nc2cccc(NC(C)=O)c2)c2ccccn12. The number of carbonyl (C=O) groups is 3. The normalized spacial score (nSPS) is 10.6. The van der Waals surface area contributed by atoms with Gasteiger partial charge in [0.25, 0.3) is 11.8 Å². The number of benzene rings is 1. The minimum absolute atomic E-state index is 0.158. The summed E-state index contributed by atoms with van der Waals surface area (Å²) in [7, 11) is 0. The van der Waals surface area contributed by atoms with Gasteiger partial charge in [-0.15, -0.1) is 0 Å². The Balaban J connectivity index is 1.95. The highest BCUT2D eigenvalue weighted by Gasteiger charge is 2.24. The molecule has 0 atom stereocenters. The van der Waals surface area contributed by atoms with E-state index < -0.39 is 5.91 Å². The van der Waals surface area contributed by atoms with Crippen molar-refractivity contribution in [1.29, 1.82) is 0 Å². The molecule has 0 saturated carbocycles. The lowest BCUT2D eigenvalue weighted by atomic mass is 10.2. The second kappa shape index (κ2) is 8.55. The Labute approximate surface area is 168 Å². The number of carbonyl (C=O) groups excluding carboxylic acids is 3. The highest BCUT2D eigenvalue weighted by Crippen LogP contribution is 2.19. The summed E-state index contributed by atoms with van der Waals surface area (Å²) in [5.74, 6) is -0.676. The topological polar surface area (TPSA) is 95.8 Å². The van der Waals surface area contributed by atoms with E-state index in [9.17, 15) is 14.4 Å². The molecule has 150 valence electrons. The maximum atomic E-state index is 12.9. The average molecular weight is 393 g/mol. The predicted octanol–water partition coefficient (Wildman–Crippen LogP) is 3.03. The zero-order valence-electron chi connectivity index (χ0n) is 16.6. The number of amides is 3. The Hall–Kier alpha value is -3.68. The van der Waals surface area contributed by atoms with E-state index in [4.69, 9.17) is 0 Å². The highest BCUT2D eigenvalue weighted by molar-refractivity contribution is 6.09. The van der Waals surface area contributed by atoms with Crippen molar-refractivity contribution >= 4 is 34.6 Å². The molecule has 0 aliphatic rings. The summed E-state index contributed by atoms with van der Waals surface area (Å²) >= 11 is 0. The van der Waals surface area contributed by atoms with Crippen molar-refractivity contribution < 1.29 is 14.4 Å². The minimum atomic E-state index is -0.438. The van der Waals surface area contributed by atoms with Gasteiger partial charge < -0.3 is 15.5 Å². The van der Waals surface area contributed by atoms with E-state index in [1.165, 1.54) is 6.92 Å². The molecule has 0 radical (unpaired) electrons. The molecule has 0 bridgehead atoms. The summed E-state index contributed by atoms with van der Waals surface area (Å²) < 4.78 is 1.63. The molecule has 0 aliphatic heterocycles. The smallest absolute Gasteiger partial charge is 0.290 e. The fourth-order valence-electron chi connectivity index (χ4n) is 3.08. The van der Waals surface area contributed by atoms with Crippen LogP contribution in [0.25, 0.3) is 5.52 Å². The number of fused-ring (bicyclic) bond motifs is 1. The van der Waals surface area contributed by atoms with Crippen LogP contribution in [0.2, 0.25) is 0 Å². The number of nitrogens with zero attached hydrogens (tertiary/aromatic N) is 3. The Bertz CT molecular complexity index is 1070. The van der Waals surface area contributed by atoms with Crippen molar-refractivity contribution in [3.05, 3.63) is 60.2 Å². The van der Waals surface area contributed by atoms with Gasteiger partial charge in [-0.1, -0.05) is 12.1 Å². The van der Waals surface area contributed by atoms with Gasteiger partial charge >= 0.3 is 0 Å². The number of aromatic nitrogens is 2. The van der Waals surface area contributed by atoms with Crippen LogP contribution in [0.5, 0.6) is 0 Å². The number of hydrogen-bond acceptors (Lipinski definition) is 4. The first kappa shape index (κ1) is 20.1. The summed E-state index contributed by atoms with van der Waals surface area (Å²) in [5, 5.41) is 5.45. The molecule has 8 heteroatoms. The standard InChI is InChI=1S/C21H23N5O3/c1-4-25(5-2)21(29)19-24-18(17-11-6-7-12-26(17)19)20(28)23-16-10-8-9-15(13-16)22-14(3)27/h6-13H,4-5H2,1-3H3,(H,22,27)(H,23,28). The summed E-state index contributed by atoms with van der Waals surface area (Å²) in [4.78, 5) is 43.0. The van der Waals surface area contributed by atoms with Gasteiger partial charge in [0.05, 0.1) is 5.52 Å². The molecule has 3 aromatic rings. The van der Waals surface area contributed by atoms with Gasteiger partial charge in [-0.3, -0.25) is 18.8 Å². The summed E-state index contributed by atoms with van der Waals surface area (Å²) in [6.07, 6.45) is 1.72. The van der Waals surface area contributed by atoms with Crippen molar-refractivity contribution in [1.82, 2.24) is 14.3 Å². The molecule has 1 aromatic carbocycles.